The summed E-state index contributed by atoms with van der Waals surface area (Å²) in [5.41, 5.74) is 4.06. The minimum absolute atomic E-state index is 0.0263. The number of carbonyl (C=O) groups is 2. The van der Waals surface area contributed by atoms with Crippen molar-refractivity contribution >= 4 is 23.2 Å². The summed E-state index contributed by atoms with van der Waals surface area (Å²) in [6, 6.07) is 14.8. The van der Waals surface area contributed by atoms with E-state index in [9.17, 15) is 9.59 Å². The molecule has 2 aromatic rings. The smallest absolute Gasteiger partial charge is 0.194 e. The van der Waals surface area contributed by atoms with Gasteiger partial charge in [-0.05, 0) is 17.5 Å². The van der Waals surface area contributed by atoms with E-state index in [4.69, 9.17) is 0 Å². The lowest BCUT2D eigenvalue weighted by Gasteiger charge is -2.20. The first-order chi connectivity index (χ1) is 10.3. The fourth-order valence-electron chi connectivity index (χ4n) is 3.08. The number of fused-ring (bicyclic) bond motifs is 3. The van der Waals surface area contributed by atoms with E-state index in [1.54, 1.807) is 24.3 Å². The maximum Gasteiger partial charge on any atom is 0.194 e. The fourth-order valence-corrected chi connectivity index (χ4v) is 3.08. The van der Waals surface area contributed by atoms with Crippen LogP contribution in [0.5, 0.6) is 0 Å². The molecule has 0 fully saturated rings. The van der Waals surface area contributed by atoms with Gasteiger partial charge in [0.2, 0.25) is 0 Å². The van der Waals surface area contributed by atoms with Crippen molar-refractivity contribution in [2.24, 2.45) is 0 Å². The number of hydrogen-bond acceptors (Lipinski definition) is 2. The zero-order chi connectivity index (χ0) is 14.4. The van der Waals surface area contributed by atoms with Crippen LogP contribution in [-0.2, 0) is 0 Å². The van der Waals surface area contributed by atoms with Gasteiger partial charge in [0.05, 0.1) is 0 Å². The van der Waals surface area contributed by atoms with E-state index in [2.05, 4.69) is 0 Å². The van der Waals surface area contributed by atoms with E-state index in [1.165, 1.54) is 0 Å². The van der Waals surface area contributed by atoms with Gasteiger partial charge in [0.1, 0.15) is 0 Å². The fraction of sp³-hybridized carbons (Fsp3) is 0.0526. The van der Waals surface area contributed by atoms with E-state index in [-0.39, 0.29) is 11.6 Å². The van der Waals surface area contributed by atoms with Crippen molar-refractivity contribution in [1.82, 2.24) is 0 Å². The van der Waals surface area contributed by atoms with Crippen molar-refractivity contribution in [3.63, 3.8) is 0 Å². The molecule has 2 aliphatic carbocycles. The maximum atomic E-state index is 12.9. The first kappa shape index (κ1) is 12.0. The molecule has 0 unspecified atom stereocenters. The van der Waals surface area contributed by atoms with E-state index >= 15 is 0 Å². The molecule has 0 aliphatic heterocycles. The Morgan fingerprint density at radius 1 is 0.714 bits per heavy atom. The summed E-state index contributed by atoms with van der Waals surface area (Å²) in [7, 11) is 0. The minimum atomic E-state index is -0.0450. The molecular weight excluding hydrogens is 260 g/mol. The van der Waals surface area contributed by atoms with E-state index in [1.807, 2.05) is 36.4 Å². The number of Topliss-reactive ketones (excluding diaryl/α,β-unsaturated/α-hetero) is 2. The van der Waals surface area contributed by atoms with Crippen LogP contribution in [0.3, 0.4) is 0 Å². The lowest BCUT2D eigenvalue weighted by Crippen LogP contribution is -2.21. The largest absolute Gasteiger partial charge is 0.289 e. The van der Waals surface area contributed by atoms with Crippen molar-refractivity contribution < 1.29 is 9.59 Å². The number of allylic oxidation sites excluding steroid dienone is 3. The van der Waals surface area contributed by atoms with Crippen LogP contribution in [-0.4, -0.2) is 11.6 Å². The van der Waals surface area contributed by atoms with Gasteiger partial charge < -0.3 is 0 Å². The predicted octanol–water partition coefficient (Wildman–Crippen LogP) is 3.94. The summed E-state index contributed by atoms with van der Waals surface area (Å²) in [6.07, 6.45) is 4.45. The average molecular weight is 272 g/mol. The molecule has 0 spiro atoms. The summed E-state index contributed by atoms with van der Waals surface area (Å²) in [5, 5.41) is 0. The Labute approximate surface area is 122 Å². The van der Waals surface area contributed by atoms with Gasteiger partial charge in [-0.15, -0.1) is 0 Å². The molecule has 0 bridgehead atoms. The lowest BCUT2D eigenvalue weighted by molar-refractivity contribution is 0.0990. The quantitative estimate of drug-likeness (QED) is 0.728. The SMILES string of the molecule is O=C1C2=C(C(=O)c3ccccc31)c1ccccc1C=CC2. The molecule has 100 valence electrons. The van der Waals surface area contributed by atoms with E-state index < -0.39 is 0 Å². The van der Waals surface area contributed by atoms with Gasteiger partial charge in [0.15, 0.2) is 11.6 Å². The van der Waals surface area contributed by atoms with Crippen molar-refractivity contribution in [1.29, 1.82) is 0 Å². The van der Waals surface area contributed by atoms with Crippen LogP contribution in [0.4, 0.5) is 0 Å². The molecule has 0 saturated heterocycles. The molecule has 0 radical (unpaired) electrons. The summed E-state index contributed by atoms with van der Waals surface area (Å²) < 4.78 is 0. The second-order valence-corrected chi connectivity index (χ2v) is 5.25. The third-order valence-electron chi connectivity index (χ3n) is 4.07. The Morgan fingerprint density at radius 3 is 2.10 bits per heavy atom. The lowest BCUT2D eigenvalue weighted by atomic mass is 9.80. The van der Waals surface area contributed by atoms with Gasteiger partial charge in [-0.1, -0.05) is 60.7 Å². The monoisotopic (exact) mass is 272 g/mol. The van der Waals surface area contributed by atoms with E-state index in [0.717, 1.165) is 11.1 Å². The Morgan fingerprint density at radius 2 is 1.33 bits per heavy atom. The van der Waals surface area contributed by atoms with Crippen molar-refractivity contribution in [2.45, 2.75) is 6.42 Å². The zero-order valence-electron chi connectivity index (χ0n) is 11.3. The summed E-state index contributed by atoms with van der Waals surface area (Å²) >= 11 is 0. The Kier molecular flexibility index (Phi) is 2.51. The number of rotatable bonds is 0. The minimum Gasteiger partial charge on any atom is -0.289 e. The maximum absolute atomic E-state index is 12.9. The van der Waals surface area contributed by atoms with Crippen LogP contribution in [0.15, 0.2) is 60.2 Å². The molecule has 0 aromatic heterocycles. The Bertz CT molecular complexity index is 853. The van der Waals surface area contributed by atoms with Gasteiger partial charge in [0.25, 0.3) is 0 Å². The highest BCUT2D eigenvalue weighted by molar-refractivity contribution is 6.41. The summed E-state index contributed by atoms with van der Waals surface area (Å²) in [6.45, 7) is 0. The molecule has 0 amide bonds. The highest BCUT2D eigenvalue weighted by atomic mass is 16.1. The number of hydrogen-bond donors (Lipinski definition) is 0. The number of benzene rings is 2. The number of carbonyl (C=O) groups excluding carboxylic acids is 2. The highest BCUT2D eigenvalue weighted by Crippen LogP contribution is 2.37. The number of ketones is 2. The standard InChI is InChI=1S/C19H12O2/c20-18-14-9-3-4-10-15(14)19(21)17-13-8-2-1-6-12(13)7-5-11-16(17)18/h1-10H,11H2. The molecular formula is C19H12O2. The van der Waals surface area contributed by atoms with Crippen LogP contribution in [0.1, 0.15) is 38.3 Å². The first-order valence-electron chi connectivity index (χ1n) is 6.95. The van der Waals surface area contributed by atoms with Gasteiger partial charge in [-0.2, -0.15) is 0 Å². The van der Waals surface area contributed by atoms with Crippen LogP contribution < -0.4 is 0 Å². The van der Waals surface area contributed by atoms with Crippen LogP contribution in [0.25, 0.3) is 11.6 Å². The third-order valence-corrected chi connectivity index (χ3v) is 4.07. The van der Waals surface area contributed by atoms with Gasteiger partial charge in [0, 0.05) is 22.3 Å². The van der Waals surface area contributed by atoms with Gasteiger partial charge >= 0.3 is 0 Å². The molecule has 2 aliphatic rings. The molecule has 0 heterocycles. The van der Waals surface area contributed by atoms with Gasteiger partial charge in [-0.25, -0.2) is 0 Å². The second-order valence-electron chi connectivity index (χ2n) is 5.25. The molecule has 2 heteroatoms. The topological polar surface area (TPSA) is 34.1 Å². The van der Waals surface area contributed by atoms with Crippen LogP contribution >= 0.6 is 0 Å². The molecule has 2 aromatic carbocycles. The predicted molar refractivity (Wildman–Crippen MR) is 82.1 cm³/mol. The molecule has 0 saturated carbocycles. The van der Waals surface area contributed by atoms with Crippen LogP contribution in [0.2, 0.25) is 0 Å². The summed E-state index contributed by atoms with van der Waals surface area (Å²) in [5.74, 6) is -0.0714. The third kappa shape index (κ3) is 1.66. The molecule has 2 nitrogen and oxygen atoms in total. The zero-order valence-corrected chi connectivity index (χ0v) is 11.3. The molecule has 0 N–H and O–H groups in total. The normalized spacial score (nSPS) is 16.2. The van der Waals surface area contributed by atoms with Crippen molar-refractivity contribution in [3.05, 3.63) is 82.4 Å². The van der Waals surface area contributed by atoms with Crippen molar-refractivity contribution in [2.75, 3.05) is 0 Å². The Balaban J connectivity index is 2.04. The molecule has 4 rings (SSSR count). The molecule has 0 atom stereocenters. The first-order valence-corrected chi connectivity index (χ1v) is 6.95. The second kappa shape index (κ2) is 4.38. The highest BCUT2D eigenvalue weighted by Gasteiger charge is 2.33. The van der Waals surface area contributed by atoms with Crippen molar-refractivity contribution in [3.8, 4) is 0 Å². The Hall–Kier alpha value is -2.74. The van der Waals surface area contributed by atoms with Gasteiger partial charge in [-0.3, -0.25) is 9.59 Å². The van der Waals surface area contributed by atoms with Crippen LogP contribution in [0, 0.1) is 0 Å². The average Bonchev–Trinajstić information content (AvgIpc) is 2.72. The molecule has 21 heavy (non-hydrogen) atoms. The summed E-state index contributed by atoms with van der Waals surface area (Å²) in [4.78, 5) is 25.6. The van der Waals surface area contributed by atoms with E-state index in [0.29, 0.717) is 28.7 Å².